The van der Waals surface area contributed by atoms with E-state index >= 15 is 0 Å². The topological polar surface area (TPSA) is 237 Å². The number of aliphatic hydroxyl groups is 1. The Morgan fingerprint density at radius 1 is 0.318 bits per heavy atom. The molecule has 0 aromatic rings. The molecular formula is C69H134O17P2. The first-order chi connectivity index (χ1) is 42.1. The summed E-state index contributed by atoms with van der Waals surface area (Å²) in [4.78, 5) is 72.5. The van der Waals surface area contributed by atoms with Gasteiger partial charge in [0.2, 0.25) is 0 Å². The van der Waals surface area contributed by atoms with Crippen LogP contribution in [-0.2, 0) is 65.4 Å². The van der Waals surface area contributed by atoms with Crippen LogP contribution in [0.15, 0.2) is 0 Å². The van der Waals surface area contributed by atoms with Gasteiger partial charge in [-0.25, -0.2) is 9.13 Å². The van der Waals surface area contributed by atoms with Crippen LogP contribution >= 0.6 is 15.6 Å². The van der Waals surface area contributed by atoms with Crippen molar-refractivity contribution in [3.05, 3.63) is 0 Å². The summed E-state index contributed by atoms with van der Waals surface area (Å²) in [7, 11) is -9.90. The molecule has 522 valence electrons. The van der Waals surface area contributed by atoms with Gasteiger partial charge in [-0.15, -0.1) is 0 Å². The van der Waals surface area contributed by atoms with E-state index in [1.54, 1.807) is 0 Å². The standard InChI is InChI=1S/C69H134O17P2/c1-9-62(8)48-40-32-27-28-36-44-52-69(74)86-65(56-80-67(72)50-42-34-26-20-23-31-39-47-61(6)7)58-84-88(77,78)82-54-63(70)53-81-87(75,76)83-57-64(55-79-66(71)49-41-33-24-19-15-17-22-30-38-46-60(4)5)85-68(73)51-43-35-25-18-14-12-10-11-13-16-21-29-37-45-59(2)3/h59-65,70H,9-58H2,1-8H3,(H,75,76)(H,77,78)/t62?,63?,64-,65-/m1/s1. The molecule has 0 aliphatic carbocycles. The molecule has 0 radical (unpaired) electrons. The minimum absolute atomic E-state index is 0.102. The molecule has 0 aromatic heterocycles. The number of phosphoric acid groups is 2. The highest BCUT2D eigenvalue weighted by molar-refractivity contribution is 7.47. The molecule has 0 fully saturated rings. The van der Waals surface area contributed by atoms with Crippen LogP contribution in [0.4, 0.5) is 0 Å². The maximum absolute atomic E-state index is 13.0. The lowest BCUT2D eigenvalue weighted by atomic mass is 10.00. The van der Waals surface area contributed by atoms with Gasteiger partial charge < -0.3 is 33.8 Å². The van der Waals surface area contributed by atoms with Gasteiger partial charge in [-0.1, -0.05) is 287 Å². The number of carbonyl (C=O) groups excluding carboxylic acids is 4. The lowest BCUT2D eigenvalue weighted by molar-refractivity contribution is -0.161. The van der Waals surface area contributed by atoms with Crippen LogP contribution in [0.3, 0.4) is 0 Å². The second kappa shape index (κ2) is 58.8. The Labute approximate surface area is 537 Å². The van der Waals surface area contributed by atoms with E-state index < -0.39 is 97.5 Å². The van der Waals surface area contributed by atoms with Crippen molar-refractivity contribution in [3.63, 3.8) is 0 Å². The van der Waals surface area contributed by atoms with E-state index in [4.69, 9.17) is 37.0 Å². The van der Waals surface area contributed by atoms with Crippen LogP contribution in [0, 0.1) is 23.7 Å². The number of carbonyl (C=O) groups is 4. The largest absolute Gasteiger partial charge is 0.472 e. The molecule has 0 saturated heterocycles. The van der Waals surface area contributed by atoms with E-state index in [0.717, 1.165) is 114 Å². The van der Waals surface area contributed by atoms with Gasteiger partial charge in [-0.2, -0.15) is 0 Å². The van der Waals surface area contributed by atoms with Crippen molar-refractivity contribution >= 4 is 39.5 Å². The first-order valence-electron chi connectivity index (χ1n) is 35.7. The summed E-state index contributed by atoms with van der Waals surface area (Å²) in [6.45, 7) is 14.0. The molecule has 0 amide bonds. The van der Waals surface area contributed by atoms with Gasteiger partial charge in [0.05, 0.1) is 26.4 Å². The monoisotopic (exact) mass is 1300 g/mol. The molecule has 0 bridgehead atoms. The quantitative estimate of drug-likeness (QED) is 0.0222. The number of rotatable bonds is 66. The molecule has 0 aromatic carbocycles. The Morgan fingerprint density at radius 3 is 0.807 bits per heavy atom. The molecule has 4 unspecified atom stereocenters. The number of hydrogen-bond donors (Lipinski definition) is 3. The van der Waals surface area contributed by atoms with Gasteiger partial charge in [-0.3, -0.25) is 37.3 Å². The minimum Gasteiger partial charge on any atom is -0.462 e. The number of ether oxygens (including phenoxy) is 4. The second-order valence-electron chi connectivity index (χ2n) is 26.6. The van der Waals surface area contributed by atoms with Crippen LogP contribution in [0.1, 0.15) is 338 Å². The molecule has 0 spiro atoms. The average Bonchev–Trinajstić information content (AvgIpc) is 3.54. The number of esters is 4. The fourth-order valence-electron chi connectivity index (χ4n) is 10.3. The highest BCUT2D eigenvalue weighted by Gasteiger charge is 2.30. The Morgan fingerprint density at radius 2 is 0.545 bits per heavy atom. The van der Waals surface area contributed by atoms with Crippen LogP contribution in [0.25, 0.3) is 0 Å². The van der Waals surface area contributed by atoms with Gasteiger partial charge in [0.15, 0.2) is 12.2 Å². The zero-order valence-electron chi connectivity index (χ0n) is 57.3. The van der Waals surface area contributed by atoms with Crippen molar-refractivity contribution in [1.29, 1.82) is 0 Å². The Hall–Kier alpha value is -1.94. The second-order valence-corrected chi connectivity index (χ2v) is 29.5. The van der Waals surface area contributed by atoms with Crippen molar-refractivity contribution in [1.82, 2.24) is 0 Å². The summed E-state index contributed by atoms with van der Waals surface area (Å²) < 4.78 is 68.2. The molecule has 0 aliphatic heterocycles. The molecule has 0 rings (SSSR count). The Bertz CT molecular complexity index is 1750. The summed E-state index contributed by atoms with van der Waals surface area (Å²) in [6.07, 6.45) is 40.4. The summed E-state index contributed by atoms with van der Waals surface area (Å²) in [5, 5.41) is 10.6. The van der Waals surface area contributed by atoms with Crippen molar-refractivity contribution in [2.45, 2.75) is 356 Å². The van der Waals surface area contributed by atoms with E-state index in [2.05, 4.69) is 55.4 Å². The molecule has 19 heteroatoms. The zero-order valence-corrected chi connectivity index (χ0v) is 59.1. The van der Waals surface area contributed by atoms with E-state index in [9.17, 15) is 43.2 Å². The lowest BCUT2D eigenvalue weighted by Gasteiger charge is -2.21. The highest BCUT2D eigenvalue weighted by Crippen LogP contribution is 2.45. The van der Waals surface area contributed by atoms with Gasteiger partial charge in [-0.05, 0) is 49.4 Å². The molecule has 0 aliphatic rings. The minimum atomic E-state index is -4.95. The first kappa shape index (κ1) is 86.1. The number of unbranched alkanes of at least 4 members (excludes halogenated alkanes) is 31. The van der Waals surface area contributed by atoms with Crippen LogP contribution in [0.2, 0.25) is 0 Å². The molecule has 6 atom stereocenters. The molecule has 0 saturated carbocycles. The average molecular weight is 1300 g/mol. The van der Waals surface area contributed by atoms with Crippen LogP contribution in [-0.4, -0.2) is 96.7 Å². The van der Waals surface area contributed by atoms with Gasteiger partial charge in [0, 0.05) is 25.7 Å². The summed E-state index contributed by atoms with van der Waals surface area (Å²) in [5.41, 5.74) is 0. The molecule has 88 heavy (non-hydrogen) atoms. The van der Waals surface area contributed by atoms with E-state index in [0.29, 0.717) is 31.6 Å². The van der Waals surface area contributed by atoms with E-state index in [1.165, 1.54) is 135 Å². The fourth-order valence-corrected chi connectivity index (χ4v) is 11.9. The molecular weight excluding hydrogens is 1160 g/mol. The summed E-state index contributed by atoms with van der Waals surface area (Å²) in [6, 6.07) is 0. The third kappa shape index (κ3) is 61.6. The van der Waals surface area contributed by atoms with Crippen molar-refractivity contribution in [2.75, 3.05) is 39.6 Å². The number of hydrogen-bond acceptors (Lipinski definition) is 15. The maximum atomic E-state index is 13.0. The first-order valence-corrected chi connectivity index (χ1v) is 38.7. The zero-order chi connectivity index (χ0) is 65.4. The normalized spacial score (nSPS) is 14.6. The van der Waals surface area contributed by atoms with E-state index in [1.807, 2.05) is 0 Å². The summed E-state index contributed by atoms with van der Waals surface area (Å²) >= 11 is 0. The third-order valence-electron chi connectivity index (χ3n) is 16.2. The van der Waals surface area contributed by atoms with Gasteiger partial charge in [0.25, 0.3) is 0 Å². The van der Waals surface area contributed by atoms with Crippen molar-refractivity contribution < 1.29 is 80.2 Å². The van der Waals surface area contributed by atoms with E-state index in [-0.39, 0.29) is 25.7 Å². The highest BCUT2D eigenvalue weighted by atomic mass is 31.2. The van der Waals surface area contributed by atoms with Crippen molar-refractivity contribution in [2.24, 2.45) is 23.7 Å². The smallest absolute Gasteiger partial charge is 0.462 e. The predicted octanol–water partition coefficient (Wildman–Crippen LogP) is 19.3. The van der Waals surface area contributed by atoms with Gasteiger partial charge >= 0.3 is 39.5 Å². The number of aliphatic hydroxyl groups excluding tert-OH is 1. The molecule has 0 heterocycles. The van der Waals surface area contributed by atoms with Crippen LogP contribution in [0.5, 0.6) is 0 Å². The van der Waals surface area contributed by atoms with Crippen LogP contribution < -0.4 is 0 Å². The lowest BCUT2D eigenvalue weighted by Crippen LogP contribution is -2.30. The predicted molar refractivity (Wildman–Crippen MR) is 354 cm³/mol. The molecule has 17 nitrogen and oxygen atoms in total. The summed E-state index contributed by atoms with van der Waals surface area (Å²) in [5.74, 6) is 0.822. The molecule has 3 N–H and O–H groups in total. The van der Waals surface area contributed by atoms with Crippen molar-refractivity contribution in [3.8, 4) is 0 Å². The Kier molecular flexibility index (Phi) is 57.6. The number of phosphoric ester groups is 2. The Balaban J connectivity index is 5.25. The maximum Gasteiger partial charge on any atom is 0.472 e. The third-order valence-corrected chi connectivity index (χ3v) is 18.1. The SMILES string of the molecule is CCC(C)CCCCCCCCC(=O)O[C@H](COC(=O)CCCCCCCCCC(C)C)COP(=O)(O)OCC(O)COP(=O)(O)OC[C@@H](COC(=O)CCCCCCCCCCCC(C)C)OC(=O)CCCCCCCCCCCCCCCC(C)C. The fraction of sp³-hybridized carbons (Fsp3) is 0.942. The van der Waals surface area contributed by atoms with Gasteiger partial charge in [0.1, 0.15) is 19.3 Å².